The van der Waals surface area contributed by atoms with E-state index in [0.717, 1.165) is 26.1 Å². The van der Waals surface area contributed by atoms with Gasteiger partial charge in [-0.1, -0.05) is 88.2 Å². The Morgan fingerprint density at radius 1 is 1.12 bits per heavy atom. The molecule has 1 saturated heterocycles. The Labute approximate surface area is 163 Å². The first-order valence-corrected chi connectivity index (χ1v) is 10.4. The number of benzene rings is 1. The van der Waals surface area contributed by atoms with Crippen LogP contribution in [0.25, 0.3) is 0 Å². The Morgan fingerprint density at radius 3 is 2.23 bits per heavy atom. The first-order valence-electron chi connectivity index (χ1n) is 10.4. The SMILES string of the molecule is CC.CC.CC/C(=C\C=C(C)C)C(c1ccccc1)C1CN(C)CCN1. The van der Waals surface area contributed by atoms with E-state index in [1.807, 2.05) is 27.7 Å². The fourth-order valence-corrected chi connectivity index (χ4v) is 3.24. The van der Waals surface area contributed by atoms with E-state index in [2.05, 4.69) is 80.5 Å². The molecule has 1 aromatic carbocycles. The van der Waals surface area contributed by atoms with Crippen LogP contribution >= 0.6 is 0 Å². The smallest absolute Gasteiger partial charge is 0.0301 e. The third-order valence-corrected chi connectivity index (χ3v) is 4.41. The van der Waals surface area contributed by atoms with Crippen molar-refractivity contribution in [1.29, 1.82) is 0 Å². The predicted molar refractivity (Wildman–Crippen MR) is 119 cm³/mol. The van der Waals surface area contributed by atoms with E-state index >= 15 is 0 Å². The van der Waals surface area contributed by atoms with Crippen LogP contribution in [-0.2, 0) is 0 Å². The number of nitrogens with one attached hydrogen (secondary N) is 1. The van der Waals surface area contributed by atoms with Gasteiger partial charge in [0, 0.05) is 31.6 Å². The maximum atomic E-state index is 3.75. The number of allylic oxidation sites excluding steroid dienone is 3. The lowest BCUT2D eigenvalue weighted by Crippen LogP contribution is -2.52. The van der Waals surface area contributed by atoms with Crippen molar-refractivity contribution in [2.24, 2.45) is 0 Å². The van der Waals surface area contributed by atoms with Crippen molar-refractivity contribution >= 4 is 0 Å². The van der Waals surface area contributed by atoms with Crippen molar-refractivity contribution in [3.8, 4) is 0 Å². The van der Waals surface area contributed by atoms with Crippen molar-refractivity contribution in [2.75, 3.05) is 26.7 Å². The van der Waals surface area contributed by atoms with E-state index < -0.39 is 0 Å². The molecule has 1 fully saturated rings. The molecular weight excluding hydrogens is 316 g/mol. The van der Waals surface area contributed by atoms with Crippen molar-refractivity contribution in [2.45, 2.75) is 66.8 Å². The second-order valence-corrected chi connectivity index (χ2v) is 6.55. The van der Waals surface area contributed by atoms with Crippen LogP contribution in [-0.4, -0.2) is 37.6 Å². The highest BCUT2D eigenvalue weighted by Gasteiger charge is 2.28. The van der Waals surface area contributed by atoms with Crippen molar-refractivity contribution in [3.63, 3.8) is 0 Å². The molecule has 2 unspecified atom stereocenters. The summed E-state index contributed by atoms with van der Waals surface area (Å²) in [6.07, 6.45) is 5.68. The van der Waals surface area contributed by atoms with Gasteiger partial charge in [0.1, 0.15) is 0 Å². The maximum absolute atomic E-state index is 3.75. The van der Waals surface area contributed by atoms with Crippen LogP contribution in [0.5, 0.6) is 0 Å². The highest BCUT2D eigenvalue weighted by atomic mass is 15.2. The summed E-state index contributed by atoms with van der Waals surface area (Å²) in [6.45, 7) is 17.9. The molecule has 2 atom stereocenters. The number of likely N-dealkylation sites (N-methyl/N-ethyl adjacent to an activating group) is 1. The van der Waals surface area contributed by atoms with Gasteiger partial charge in [-0.05, 0) is 32.9 Å². The molecule has 1 aliphatic heterocycles. The summed E-state index contributed by atoms with van der Waals surface area (Å²) in [4.78, 5) is 2.44. The lowest BCUT2D eigenvalue weighted by atomic mass is 9.82. The van der Waals surface area contributed by atoms with Crippen LogP contribution in [0, 0.1) is 0 Å². The predicted octanol–water partition coefficient (Wildman–Crippen LogP) is 6.03. The molecule has 0 spiro atoms. The van der Waals surface area contributed by atoms with E-state index in [1.165, 1.54) is 16.7 Å². The molecule has 148 valence electrons. The fraction of sp³-hybridized carbons (Fsp3) is 0.583. The van der Waals surface area contributed by atoms with Crippen molar-refractivity contribution in [3.05, 3.63) is 59.2 Å². The normalized spacial score (nSPS) is 18.6. The molecule has 26 heavy (non-hydrogen) atoms. The van der Waals surface area contributed by atoms with Gasteiger partial charge in [-0.3, -0.25) is 0 Å². The summed E-state index contributed by atoms with van der Waals surface area (Å²) >= 11 is 0. The van der Waals surface area contributed by atoms with Gasteiger partial charge in [-0.25, -0.2) is 0 Å². The average molecular weight is 359 g/mol. The maximum Gasteiger partial charge on any atom is 0.0301 e. The highest BCUT2D eigenvalue weighted by Crippen LogP contribution is 2.31. The Morgan fingerprint density at radius 2 is 1.73 bits per heavy atom. The fourth-order valence-electron chi connectivity index (χ4n) is 3.24. The third kappa shape index (κ3) is 8.33. The Balaban J connectivity index is 0.00000146. The molecule has 0 amide bonds. The number of hydrogen-bond donors (Lipinski definition) is 1. The summed E-state index contributed by atoms with van der Waals surface area (Å²) in [5.74, 6) is 0.449. The van der Waals surface area contributed by atoms with Gasteiger partial charge in [0.15, 0.2) is 0 Å². The number of rotatable bonds is 5. The van der Waals surface area contributed by atoms with Crippen molar-refractivity contribution in [1.82, 2.24) is 10.2 Å². The van der Waals surface area contributed by atoms with Crippen LogP contribution in [0.3, 0.4) is 0 Å². The van der Waals surface area contributed by atoms with Crippen LogP contribution in [0.2, 0.25) is 0 Å². The minimum absolute atomic E-state index is 0.449. The largest absolute Gasteiger partial charge is 0.310 e. The van der Waals surface area contributed by atoms with E-state index in [9.17, 15) is 0 Å². The summed E-state index contributed by atoms with van der Waals surface area (Å²) in [5, 5.41) is 3.75. The first-order chi connectivity index (χ1) is 12.6. The Hall–Kier alpha value is -1.38. The molecule has 0 saturated carbocycles. The molecule has 2 nitrogen and oxygen atoms in total. The number of nitrogens with zero attached hydrogens (tertiary/aromatic N) is 1. The Kier molecular flexibility index (Phi) is 14.0. The van der Waals surface area contributed by atoms with Crippen LogP contribution in [0.1, 0.15) is 66.4 Å². The highest BCUT2D eigenvalue weighted by molar-refractivity contribution is 5.34. The molecule has 0 radical (unpaired) electrons. The zero-order valence-corrected chi connectivity index (χ0v) is 18.5. The van der Waals surface area contributed by atoms with E-state index in [0.29, 0.717) is 12.0 Å². The summed E-state index contributed by atoms with van der Waals surface area (Å²) in [5.41, 5.74) is 4.29. The molecule has 1 heterocycles. The van der Waals surface area contributed by atoms with E-state index in [-0.39, 0.29) is 0 Å². The van der Waals surface area contributed by atoms with Gasteiger partial charge in [-0.2, -0.15) is 0 Å². The molecule has 1 aromatic rings. The zero-order chi connectivity index (χ0) is 19.9. The molecule has 0 aliphatic carbocycles. The van der Waals surface area contributed by atoms with Gasteiger partial charge in [-0.15, -0.1) is 0 Å². The molecular formula is C24H42N2. The molecule has 0 bridgehead atoms. The van der Waals surface area contributed by atoms with Crippen LogP contribution < -0.4 is 5.32 Å². The number of hydrogen-bond acceptors (Lipinski definition) is 2. The van der Waals surface area contributed by atoms with Crippen LogP contribution in [0.15, 0.2) is 53.6 Å². The Bertz CT molecular complexity index is 512. The average Bonchev–Trinajstić information content (AvgIpc) is 2.68. The minimum atomic E-state index is 0.449. The lowest BCUT2D eigenvalue weighted by Gasteiger charge is -2.37. The summed E-state index contributed by atoms with van der Waals surface area (Å²) in [6, 6.07) is 11.4. The van der Waals surface area contributed by atoms with Gasteiger partial charge < -0.3 is 10.2 Å². The van der Waals surface area contributed by atoms with E-state index in [1.54, 1.807) is 0 Å². The second kappa shape index (κ2) is 14.8. The van der Waals surface area contributed by atoms with Crippen LogP contribution in [0.4, 0.5) is 0 Å². The van der Waals surface area contributed by atoms with E-state index in [4.69, 9.17) is 0 Å². The van der Waals surface area contributed by atoms with Crippen molar-refractivity contribution < 1.29 is 0 Å². The summed E-state index contributed by atoms with van der Waals surface area (Å²) < 4.78 is 0. The molecule has 1 aliphatic rings. The topological polar surface area (TPSA) is 15.3 Å². The van der Waals surface area contributed by atoms with Gasteiger partial charge >= 0.3 is 0 Å². The third-order valence-electron chi connectivity index (χ3n) is 4.41. The molecule has 2 rings (SSSR count). The first kappa shape index (κ1) is 24.6. The molecule has 2 heteroatoms. The van der Waals surface area contributed by atoms with Gasteiger partial charge in [0.05, 0.1) is 0 Å². The molecule has 1 N–H and O–H groups in total. The second-order valence-electron chi connectivity index (χ2n) is 6.55. The number of piperazine rings is 1. The van der Waals surface area contributed by atoms with Gasteiger partial charge in [0.2, 0.25) is 0 Å². The summed E-state index contributed by atoms with van der Waals surface area (Å²) in [7, 11) is 2.22. The standard InChI is InChI=1S/C20H30N2.2C2H6/c1-5-17(12-11-16(2)3)20(18-9-7-6-8-10-18)19-15-22(4)14-13-21-19;2*1-2/h6-12,19-21H,5,13-15H2,1-4H3;2*1-2H3/b17-12+;;. The molecule has 0 aromatic heterocycles. The minimum Gasteiger partial charge on any atom is -0.310 e. The lowest BCUT2D eigenvalue weighted by molar-refractivity contribution is 0.225. The van der Waals surface area contributed by atoms with Gasteiger partial charge in [0.25, 0.3) is 0 Å². The quantitative estimate of drug-likeness (QED) is 0.647. The zero-order valence-electron chi connectivity index (χ0n) is 18.5. The monoisotopic (exact) mass is 358 g/mol.